The van der Waals surface area contributed by atoms with E-state index in [2.05, 4.69) is 0 Å². The minimum absolute atomic E-state index is 0. The second-order valence-electron chi connectivity index (χ2n) is 5.94. The van der Waals surface area contributed by atoms with Gasteiger partial charge in [-0.2, -0.15) is 0 Å². The molecule has 131 valence electrons. The number of benzene rings is 3. The Morgan fingerprint density at radius 1 is 0.462 bits per heavy atom. The van der Waals surface area contributed by atoms with Crippen LogP contribution in [0.3, 0.4) is 0 Å². The summed E-state index contributed by atoms with van der Waals surface area (Å²) in [5.74, 6) is 2.16. The summed E-state index contributed by atoms with van der Waals surface area (Å²) in [7, 11) is -1.62. The van der Waals surface area contributed by atoms with Crippen molar-refractivity contribution in [3.8, 4) is 17.2 Å². The highest BCUT2D eigenvalue weighted by Crippen LogP contribution is 2.42. The van der Waals surface area contributed by atoms with Crippen LogP contribution in [0.15, 0.2) is 72.8 Å². The molecule has 0 N–H and O–H groups in total. The smallest absolute Gasteiger partial charge is 0.409 e. The summed E-state index contributed by atoms with van der Waals surface area (Å²) in [5.41, 5.74) is 3.53. The molecule has 0 heterocycles. The van der Waals surface area contributed by atoms with E-state index >= 15 is 0 Å². The van der Waals surface area contributed by atoms with E-state index in [1.807, 2.05) is 93.6 Å². The molecule has 0 unspecified atom stereocenters. The van der Waals surface area contributed by atoms with Crippen molar-refractivity contribution in [2.45, 2.75) is 20.8 Å². The molecule has 0 bridgehead atoms. The molecule has 3 radical (unpaired) electrons. The first kappa shape index (κ1) is 19.9. The van der Waals surface area contributed by atoms with E-state index in [-0.39, 0.29) is 8.41 Å². The zero-order valence-corrected chi connectivity index (χ0v) is 16.1. The quantitative estimate of drug-likeness (QED) is 0.397. The first-order chi connectivity index (χ1) is 12.1. The van der Waals surface area contributed by atoms with Gasteiger partial charge in [-0.25, -0.2) is 0 Å². The van der Waals surface area contributed by atoms with Gasteiger partial charge in [0.1, 0.15) is 17.2 Å². The second kappa shape index (κ2) is 9.31. The van der Waals surface area contributed by atoms with Crippen molar-refractivity contribution in [1.82, 2.24) is 0 Å². The first-order valence-electron chi connectivity index (χ1n) is 8.12. The summed E-state index contributed by atoms with van der Waals surface area (Å²) in [5, 5.41) is 0. The summed E-state index contributed by atoms with van der Waals surface area (Å²) < 4.78 is 17.9. The average Bonchev–Trinajstić information content (AvgIpc) is 2.61. The third kappa shape index (κ3) is 5.82. The molecular formula is C21H21BO3P. The van der Waals surface area contributed by atoms with E-state index < -0.39 is 8.60 Å². The van der Waals surface area contributed by atoms with Gasteiger partial charge in [-0.3, -0.25) is 0 Å². The van der Waals surface area contributed by atoms with Gasteiger partial charge in [0, 0.05) is 8.41 Å². The van der Waals surface area contributed by atoms with Crippen LogP contribution in [0, 0.1) is 20.8 Å². The molecule has 0 amide bonds. The van der Waals surface area contributed by atoms with E-state index in [1.54, 1.807) is 0 Å². The van der Waals surface area contributed by atoms with Crippen molar-refractivity contribution >= 4 is 17.0 Å². The molecule has 0 aliphatic heterocycles. The van der Waals surface area contributed by atoms with Crippen molar-refractivity contribution in [2.75, 3.05) is 0 Å². The molecule has 0 aromatic heterocycles. The lowest BCUT2D eigenvalue weighted by atomic mass is 10.2. The predicted molar refractivity (Wildman–Crippen MR) is 108 cm³/mol. The van der Waals surface area contributed by atoms with Gasteiger partial charge < -0.3 is 13.6 Å². The normalized spacial score (nSPS) is 10.2. The Morgan fingerprint density at radius 2 is 0.692 bits per heavy atom. The Balaban J connectivity index is 0.00000243. The van der Waals surface area contributed by atoms with Crippen LogP contribution in [0.4, 0.5) is 0 Å². The van der Waals surface area contributed by atoms with E-state index in [0.29, 0.717) is 0 Å². The minimum atomic E-state index is -1.62. The molecule has 0 saturated heterocycles. The van der Waals surface area contributed by atoms with Crippen LogP contribution in [-0.2, 0) is 0 Å². The van der Waals surface area contributed by atoms with Crippen molar-refractivity contribution in [1.29, 1.82) is 0 Å². The second-order valence-corrected chi connectivity index (χ2v) is 6.93. The molecule has 0 aliphatic carbocycles. The predicted octanol–water partition coefficient (Wildman–Crippen LogP) is 5.99. The third-order valence-corrected chi connectivity index (χ3v) is 4.68. The van der Waals surface area contributed by atoms with Gasteiger partial charge in [0.15, 0.2) is 0 Å². The molecule has 0 saturated carbocycles. The molecule has 0 atom stereocenters. The van der Waals surface area contributed by atoms with Crippen LogP contribution < -0.4 is 13.6 Å². The van der Waals surface area contributed by atoms with Gasteiger partial charge in [-0.1, -0.05) is 53.1 Å². The van der Waals surface area contributed by atoms with Gasteiger partial charge >= 0.3 is 8.60 Å². The van der Waals surface area contributed by atoms with E-state index in [9.17, 15) is 0 Å². The summed E-state index contributed by atoms with van der Waals surface area (Å²) in [6, 6.07) is 23.5. The van der Waals surface area contributed by atoms with Crippen LogP contribution in [0.2, 0.25) is 0 Å². The van der Waals surface area contributed by atoms with Crippen LogP contribution in [-0.4, -0.2) is 8.41 Å². The standard InChI is InChI=1S/C21H21O3P.B/c1-16-4-10-19(11-5-16)22-25(23-20-12-6-17(2)7-13-20)24-21-14-8-18(3)9-15-21;/h4-15H,1-3H3;. The topological polar surface area (TPSA) is 27.7 Å². The molecule has 3 nitrogen and oxygen atoms in total. The van der Waals surface area contributed by atoms with Gasteiger partial charge in [-0.15, -0.1) is 0 Å². The first-order valence-corrected chi connectivity index (χ1v) is 9.22. The maximum atomic E-state index is 5.96. The maximum absolute atomic E-state index is 5.96. The molecular weight excluding hydrogens is 342 g/mol. The van der Waals surface area contributed by atoms with E-state index in [1.165, 1.54) is 16.7 Å². The fourth-order valence-corrected chi connectivity index (χ4v) is 3.10. The molecule has 3 rings (SSSR count). The Hall–Kier alpha value is -2.45. The van der Waals surface area contributed by atoms with Crippen molar-refractivity contribution in [3.63, 3.8) is 0 Å². The van der Waals surface area contributed by atoms with E-state index in [4.69, 9.17) is 13.6 Å². The fourth-order valence-electron chi connectivity index (χ4n) is 2.11. The number of rotatable bonds is 6. The maximum Gasteiger partial charge on any atom is 0.530 e. The van der Waals surface area contributed by atoms with Crippen molar-refractivity contribution < 1.29 is 13.6 Å². The molecule has 0 spiro atoms. The van der Waals surface area contributed by atoms with Gasteiger partial charge in [-0.05, 0) is 57.2 Å². The Labute approximate surface area is 158 Å². The van der Waals surface area contributed by atoms with Crippen LogP contribution in [0.5, 0.6) is 17.2 Å². The Morgan fingerprint density at radius 3 is 0.923 bits per heavy atom. The minimum Gasteiger partial charge on any atom is -0.409 e. The third-order valence-electron chi connectivity index (χ3n) is 3.60. The highest BCUT2D eigenvalue weighted by Gasteiger charge is 2.19. The summed E-state index contributed by atoms with van der Waals surface area (Å²) in [6.07, 6.45) is 0. The number of aryl methyl sites for hydroxylation is 3. The number of hydrogen-bond donors (Lipinski definition) is 0. The molecule has 5 heteroatoms. The lowest BCUT2D eigenvalue weighted by Gasteiger charge is -2.18. The largest absolute Gasteiger partial charge is 0.530 e. The average molecular weight is 363 g/mol. The summed E-state index contributed by atoms with van der Waals surface area (Å²) in [6.45, 7) is 6.12. The number of hydrogen-bond acceptors (Lipinski definition) is 3. The SMILES string of the molecule is Cc1ccc(OP(Oc2ccc(C)cc2)Oc2ccc(C)cc2)cc1.[B]. The molecule has 3 aromatic rings. The van der Waals surface area contributed by atoms with Crippen LogP contribution in [0.1, 0.15) is 16.7 Å². The molecule has 0 aliphatic rings. The molecule has 3 aromatic carbocycles. The zero-order chi connectivity index (χ0) is 17.6. The monoisotopic (exact) mass is 363 g/mol. The lowest BCUT2D eigenvalue weighted by molar-refractivity contribution is 0.388. The Kier molecular flexibility index (Phi) is 7.11. The van der Waals surface area contributed by atoms with Gasteiger partial charge in [0.05, 0.1) is 0 Å². The Bertz CT molecular complexity index is 689. The molecule has 0 fully saturated rings. The van der Waals surface area contributed by atoms with E-state index in [0.717, 1.165) is 17.2 Å². The van der Waals surface area contributed by atoms with Crippen LogP contribution in [0.25, 0.3) is 0 Å². The molecule has 26 heavy (non-hydrogen) atoms. The van der Waals surface area contributed by atoms with Gasteiger partial charge in [0.2, 0.25) is 0 Å². The van der Waals surface area contributed by atoms with Crippen LogP contribution >= 0.6 is 8.60 Å². The van der Waals surface area contributed by atoms with Crippen molar-refractivity contribution in [3.05, 3.63) is 89.5 Å². The highest BCUT2D eigenvalue weighted by molar-refractivity contribution is 7.43. The zero-order valence-electron chi connectivity index (χ0n) is 15.2. The fraction of sp³-hybridized carbons (Fsp3) is 0.143. The highest BCUT2D eigenvalue weighted by atomic mass is 31.2. The lowest BCUT2D eigenvalue weighted by Crippen LogP contribution is -2.02. The summed E-state index contributed by atoms with van der Waals surface area (Å²) >= 11 is 0. The van der Waals surface area contributed by atoms with Crippen molar-refractivity contribution in [2.24, 2.45) is 0 Å². The summed E-state index contributed by atoms with van der Waals surface area (Å²) in [4.78, 5) is 0. The van der Waals surface area contributed by atoms with Gasteiger partial charge in [0.25, 0.3) is 0 Å².